The van der Waals surface area contributed by atoms with E-state index < -0.39 is 0 Å². The molecule has 1 atom stereocenters. The van der Waals surface area contributed by atoms with E-state index in [4.69, 9.17) is 0 Å². The van der Waals surface area contributed by atoms with Gasteiger partial charge in [-0.05, 0) is 0 Å². The fourth-order valence-electron chi connectivity index (χ4n) is 1.29. The van der Waals surface area contributed by atoms with E-state index >= 15 is 0 Å². The van der Waals surface area contributed by atoms with Crippen LogP contribution in [0, 0.1) is 0 Å². The van der Waals surface area contributed by atoms with E-state index in [2.05, 4.69) is 5.32 Å². The quantitative estimate of drug-likeness (QED) is 0.589. The number of carbonyl (C=O) groups is 2. The van der Waals surface area contributed by atoms with Gasteiger partial charge in [-0.25, -0.2) is 0 Å². The van der Waals surface area contributed by atoms with Crippen LogP contribution in [0.25, 0.3) is 0 Å². The number of hydrogen-bond acceptors (Lipinski definition) is 2. The van der Waals surface area contributed by atoms with Crippen molar-refractivity contribution in [2.75, 3.05) is 0 Å². The Morgan fingerprint density at radius 2 is 1.93 bits per heavy atom. The molecule has 0 saturated carbocycles. The molecule has 72 valence electrons. The summed E-state index contributed by atoms with van der Waals surface area (Å²) in [6, 6.07) is 9.84. The normalized spacial score (nSPS) is 21.0. The van der Waals surface area contributed by atoms with Crippen LogP contribution in [0.5, 0.6) is 0 Å². The molecule has 2 amide bonds. The van der Waals surface area contributed by atoms with Crippen LogP contribution in [0.4, 0.5) is 0 Å². The summed E-state index contributed by atoms with van der Waals surface area (Å²) in [6.07, 6.45) is 0.355. The predicted octanol–water partition coefficient (Wildman–Crippen LogP) is -0.149. The molecule has 3 nitrogen and oxygen atoms in total. The number of amides is 2. The van der Waals surface area contributed by atoms with Crippen molar-refractivity contribution in [2.45, 2.75) is 11.2 Å². The SMILES string of the molecule is O=C1CC([Se]c2ccccc2)C(=O)N1. The van der Waals surface area contributed by atoms with Crippen molar-refractivity contribution in [1.82, 2.24) is 5.32 Å². The Bertz CT molecular complexity index is 364. The van der Waals surface area contributed by atoms with E-state index in [1.807, 2.05) is 30.3 Å². The Hall–Kier alpha value is -1.12. The molecule has 0 aliphatic carbocycles. The van der Waals surface area contributed by atoms with Gasteiger partial charge in [0, 0.05) is 0 Å². The van der Waals surface area contributed by atoms with Gasteiger partial charge in [-0.3, -0.25) is 0 Å². The zero-order valence-electron chi connectivity index (χ0n) is 7.40. The van der Waals surface area contributed by atoms with Crippen LogP contribution in [0.1, 0.15) is 6.42 Å². The zero-order valence-corrected chi connectivity index (χ0v) is 9.11. The molecular formula is C10H9NO2Se. The Kier molecular flexibility index (Phi) is 2.66. The average Bonchev–Trinajstić information content (AvgIpc) is 2.47. The summed E-state index contributed by atoms with van der Waals surface area (Å²) in [7, 11) is 0. The van der Waals surface area contributed by atoms with Crippen molar-refractivity contribution >= 4 is 31.2 Å². The Morgan fingerprint density at radius 3 is 2.50 bits per heavy atom. The summed E-state index contributed by atoms with van der Waals surface area (Å²) in [6.45, 7) is 0. The first kappa shape index (κ1) is 9.44. The number of imide groups is 1. The van der Waals surface area contributed by atoms with Gasteiger partial charge in [-0.1, -0.05) is 0 Å². The summed E-state index contributed by atoms with van der Waals surface area (Å²) >= 11 is 0.0670. The molecule has 0 aromatic heterocycles. The van der Waals surface area contributed by atoms with Crippen LogP contribution in [-0.2, 0) is 9.59 Å². The molecule has 1 saturated heterocycles. The van der Waals surface area contributed by atoms with Crippen LogP contribution >= 0.6 is 0 Å². The summed E-state index contributed by atoms with van der Waals surface area (Å²) in [5.41, 5.74) is 0. The van der Waals surface area contributed by atoms with Crippen molar-refractivity contribution in [3.05, 3.63) is 30.3 Å². The topological polar surface area (TPSA) is 46.2 Å². The monoisotopic (exact) mass is 255 g/mol. The molecule has 1 N–H and O–H groups in total. The average molecular weight is 254 g/mol. The first-order valence-electron chi connectivity index (χ1n) is 4.31. The van der Waals surface area contributed by atoms with E-state index in [0.717, 1.165) is 4.46 Å². The van der Waals surface area contributed by atoms with Gasteiger partial charge in [0.1, 0.15) is 0 Å². The van der Waals surface area contributed by atoms with Gasteiger partial charge >= 0.3 is 87.7 Å². The van der Waals surface area contributed by atoms with Crippen molar-refractivity contribution in [2.24, 2.45) is 0 Å². The summed E-state index contributed by atoms with van der Waals surface area (Å²) < 4.78 is 1.16. The van der Waals surface area contributed by atoms with Crippen molar-refractivity contribution in [3.8, 4) is 0 Å². The number of rotatable bonds is 2. The number of benzene rings is 1. The molecule has 14 heavy (non-hydrogen) atoms. The van der Waals surface area contributed by atoms with E-state index in [-0.39, 0.29) is 31.6 Å². The minimum absolute atomic E-state index is 0.0670. The van der Waals surface area contributed by atoms with E-state index in [9.17, 15) is 9.59 Å². The number of nitrogens with one attached hydrogen (secondary N) is 1. The second kappa shape index (κ2) is 3.94. The van der Waals surface area contributed by atoms with Gasteiger partial charge in [0.25, 0.3) is 0 Å². The molecule has 1 aliphatic heterocycles. The van der Waals surface area contributed by atoms with E-state index in [1.54, 1.807) is 0 Å². The first-order chi connectivity index (χ1) is 6.75. The molecule has 1 aliphatic rings. The molecule has 0 radical (unpaired) electrons. The summed E-state index contributed by atoms with van der Waals surface area (Å²) in [5.74, 6) is -0.253. The molecule has 1 fully saturated rings. The van der Waals surface area contributed by atoms with E-state index in [0.29, 0.717) is 6.42 Å². The molecule has 1 unspecified atom stereocenters. The van der Waals surface area contributed by atoms with Gasteiger partial charge in [0.05, 0.1) is 0 Å². The number of carbonyl (C=O) groups excluding carboxylic acids is 2. The molecule has 2 rings (SSSR count). The van der Waals surface area contributed by atoms with Gasteiger partial charge in [0.2, 0.25) is 0 Å². The molecule has 0 bridgehead atoms. The molecule has 1 heterocycles. The maximum absolute atomic E-state index is 11.3. The second-order valence-electron chi connectivity index (χ2n) is 3.04. The van der Waals surface area contributed by atoms with Gasteiger partial charge in [0.15, 0.2) is 0 Å². The first-order valence-corrected chi connectivity index (χ1v) is 6.15. The van der Waals surface area contributed by atoms with Crippen LogP contribution < -0.4 is 9.78 Å². The fraction of sp³-hybridized carbons (Fsp3) is 0.200. The maximum atomic E-state index is 11.3. The standard InChI is InChI=1S/C10H9NO2Se/c12-9-6-8(10(13)11-9)14-7-4-2-1-3-5-7/h1-5,8H,6H2,(H,11,12,13). The van der Waals surface area contributed by atoms with Crippen molar-refractivity contribution in [1.29, 1.82) is 0 Å². The molecule has 4 heteroatoms. The van der Waals surface area contributed by atoms with Gasteiger partial charge in [-0.15, -0.1) is 0 Å². The molecule has 1 aromatic carbocycles. The van der Waals surface area contributed by atoms with Crippen LogP contribution in [-0.4, -0.2) is 26.8 Å². The minimum atomic E-state index is -0.141. The third-order valence-electron chi connectivity index (χ3n) is 1.95. The van der Waals surface area contributed by atoms with Crippen LogP contribution in [0.2, 0.25) is 4.82 Å². The van der Waals surface area contributed by atoms with Gasteiger partial charge < -0.3 is 0 Å². The predicted molar refractivity (Wildman–Crippen MR) is 53.3 cm³/mol. The Morgan fingerprint density at radius 1 is 1.21 bits per heavy atom. The Balaban J connectivity index is 2.05. The van der Waals surface area contributed by atoms with Gasteiger partial charge in [-0.2, -0.15) is 0 Å². The zero-order chi connectivity index (χ0) is 9.97. The number of hydrogen-bond donors (Lipinski definition) is 1. The van der Waals surface area contributed by atoms with Crippen molar-refractivity contribution in [3.63, 3.8) is 0 Å². The molecular weight excluding hydrogens is 245 g/mol. The summed E-state index contributed by atoms with van der Waals surface area (Å²) in [5, 5.41) is 2.32. The van der Waals surface area contributed by atoms with Crippen molar-refractivity contribution < 1.29 is 9.59 Å². The Labute approximate surface area is 88.0 Å². The fourth-order valence-corrected chi connectivity index (χ4v) is 3.48. The second-order valence-corrected chi connectivity index (χ2v) is 5.71. The summed E-state index contributed by atoms with van der Waals surface area (Å²) in [4.78, 5) is 22.1. The third kappa shape index (κ3) is 2.03. The van der Waals surface area contributed by atoms with Crippen LogP contribution in [0.3, 0.4) is 0 Å². The molecule has 1 aromatic rings. The van der Waals surface area contributed by atoms with Crippen LogP contribution in [0.15, 0.2) is 30.3 Å². The third-order valence-corrected chi connectivity index (χ3v) is 4.49. The molecule has 0 spiro atoms. The van der Waals surface area contributed by atoms with E-state index in [1.165, 1.54) is 0 Å².